The summed E-state index contributed by atoms with van der Waals surface area (Å²) in [5, 5.41) is 3.30. The Hall–Kier alpha value is -2.40. The number of hydrogen-bond donors (Lipinski definition) is 1. The van der Waals surface area contributed by atoms with Crippen molar-refractivity contribution in [2.24, 2.45) is 5.92 Å². The fourth-order valence-corrected chi connectivity index (χ4v) is 2.86. The number of anilines is 2. The van der Waals surface area contributed by atoms with Crippen LogP contribution in [0.3, 0.4) is 0 Å². The molecule has 0 bridgehead atoms. The van der Waals surface area contributed by atoms with Gasteiger partial charge in [-0.25, -0.2) is 4.98 Å². The topological polar surface area (TPSA) is 62.3 Å². The van der Waals surface area contributed by atoms with Crippen LogP contribution in [0, 0.1) is 12.8 Å². The molecule has 2 aromatic rings. The summed E-state index contributed by atoms with van der Waals surface area (Å²) in [7, 11) is 0. The van der Waals surface area contributed by atoms with E-state index in [0.29, 0.717) is 23.1 Å². The number of hydrogen-bond acceptors (Lipinski definition) is 3. The van der Waals surface area contributed by atoms with E-state index >= 15 is 0 Å². The Morgan fingerprint density at radius 3 is 2.83 bits per heavy atom. The maximum absolute atomic E-state index is 12.4. The van der Waals surface area contributed by atoms with Crippen LogP contribution in [0.5, 0.6) is 0 Å². The third-order valence-electron chi connectivity index (χ3n) is 3.89. The van der Waals surface area contributed by atoms with Gasteiger partial charge in [0.25, 0.3) is 0 Å². The molecule has 1 aromatic heterocycles. The molecule has 118 valence electrons. The maximum Gasteiger partial charge on any atom is 0.230 e. The summed E-state index contributed by atoms with van der Waals surface area (Å²) >= 11 is 6.14. The Morgan fingerprint density at radius 1 is 1.30 bits per heavy atom. The van der Waals surface area contributed by atoms with Crippen molar-refractivity contribution < 1.29 is 9.59 Å². The second-order valence-corrected chi connectivity index (χ2v) is 5.92. The lowest BCUT2D eigenvalue weighted by Gasteiger charge is -2.18. The lowest BCUT2D eigenvalue weighted by atomic mass is 10.1. The van der Waals surface area contributed by atoms with Gasteiger partial charge in [-0.2, -0.15) is 0 Å². The van der Waals surface area contributed by atoms with Crippen LogP contribution in [-0.2, 0) is 9.59 Å². The minimum absolute atomic E-state index is 0.101. The zero-order chi connectivity index (χ0) is 16.4. The number of aromatic nitrogens is 1. The van der Waals surface area contributed by atoms with Gasteiger partial charge in [0, 0.05) is 19.2 Å². The van der Waals surface area contributed by atoms with Crippen LogP contribution in [-0.4, -0.2) is 23.3 Å². The van der Waals surface area contributed by atoms with E-state index in [2.05, 4.69) is 10.3 Å². The number of carbonyl (C=O) groups excluding carboxylic acids is 2. The molecule has 2 heterocycles. The highest BCUT2D eigenvalue weighted by atomic mass is 35.5. The summed E-state index contributed by atoms with van der Waals surface area (Å²) in [5.74, 6) is -0.188. The van der Waals surface area contributed by atoms with Gasteiger partial charge in [-0.05, 0) is 30.7 Å². The first-order valence-corrected chi connectivity index (χ1v) is 7.71. The molecule has 1 fully saturated rings. The summed E-state index contributed by atoms with van der Waals surface area (Å²) in [6.07, 6.45) is 1.79. The van der Waals surface area contributed by atoms with Gasteiger partial charge in [-0.3, -0.25) is 9.59 Å². The molecule has 1 N–H and O–H groups in total. The molecule has 6 heteroatoms. The van der Waals surface area contributed by atoms with Crippen LogP contribution in [0.2, 0.25) is 5.02 Å². The van der Waals surface area contributed by atoms with Crippen LogP contribution >= 0.6 is 11.6 Å². The average Bonchev–Trinajstić information content (AvgIpc) is 2.92. The summed E-state index contributed by atoms with van der Waals surface area (Å²) < 4.78 is 0. The second kappa shape index (κ2) is 6.38. The van der Waals surface area contributed by atoms with Crippen LogP contribution < -0.4 is 10.2 Å². The molecule has 23 heavy (non-hydrogen) atoms. The van der Waals surface area contributed by atoms with Crippen molar-refractivity contribution >= 4 is 34.9 Å². The fraction of sp³-hybridized carbons (Fsp3) is 0.235. The molecule has 0 spiro atoms. The highest BCUT2D eigenvalue weighted by Gasteiger charge is 2.36. The number of aryl methyl sites for hydroxylation is 1. The molecule has 5 nitrogen and oxygen atoms in total. The predicted molar refractivity (Wildman–Crippen MR) is 89.5 cm³/mol. The van der Waals surface area contributed by atoms with Crippen molar-refractivity contribution in [3.05, 3.63) is 53.2 Å². The van der Waals surface area contributed by atoms with Crippen LogP contribution in [0.4, 0.5) is 11.5 Å². The lowest BCUT2D eigenvalue weighted by molar-refractivity contribution is -0.122. The van der Waals surface area contributed by atoms with Gasteiger partial charge in [-0.15, -0.1) is 0 Å². The third kappa shape index (κ3) is 3.19. The van der Waals surface area contributed by atoms with E-state index in [1.54, 1.807) is 29.3 Å². The van der Waals surface area contributed by atoms with Crippen molar-refractivity contribution in [1.82, 2.24) is 4.98 Å². The number of amides is 2. The molecule has 1 saturated heterocycles. The predicted octanol–water partition coefficient (Wildman–Crippen LogP) is 3.04. The Balaban J connectivity index is 1.74. The van der Waals surface area contributed by atoms with Crippen molar-refractivity contribution in [1.29, 1.82) is 0 Å². The number of para-hydroxylation sites is 1. The highest BCUT2D eigenvalue weighted by Crippen LogP contribution is 2.31. The van der Waals surface area contributed by atoms with Gasteiger partial charge in [0.05, 0.1) is 16.6 Å². The van der Waals surface area contributed by atoms with Gasteiger partial charge in [-0.1, -0.05) is 29.8 Å². The number of benzene rings is 1. The van der Waals surface area contributed by atoms with Gasteiger partial charge in [0.15, 0.2) is 0 Å². The Morgan fingerprint density at radius 2 is 2.09 bits per heavy atom. The summed E-state index contributed by atoms with van der Waals surface area (Å²) in [4.78, 5) is 30.4. The first kappa shape index (κ1) is 15.5. The first-order valence-electron chi connectivity index (χ1n) is 7.33. The fourth-order valence-electron chi connectivity index (χ4n) is 2.62. The quantitative estimate of drug-likeness (QED) is 0.941. The second-order valence-electron chi connectivity index (χ2n) is 5.51. The standard InChI is InChI=1S/C17H16ClN3O2/c1-11-5-4-8-19-16(11)20-17(23)12-9-15(22)21(10-12)14-7-3-2-6-13(14)18/h2-8,12H,9-10H2,1H3,(H,19,20,23)/t12-/m1/s1. The molecule has 1 atom stereocenters. The van der Waals surface area contributed by atoms with Gasteiger partial charge < -0.3 is 10.2 Å². The van der Waals surface area contributed by atoms with E-state index in [1.165, 1.54) is 0 Å². The van der Waals surface area contributed by atoms with Crippen molar-refractivity contribution in [2.45, 2.75) is 13.3 Å². The SMILES string of the molecule is Cc1cccnc1NC(=O)[C@@H]1CC(=O)N(c2ccccc2Cl)C1. The van der Waals surface area contributed by atoms with Gasteiger partial charge >= 0.3 is 0 Å². The van der Waals surface area contributed by atoms with Crippen LogP contribution in [0.25, 0.3) is 0 Å². The molecule has 0 aliphatic carbocycles. The zero-order valence-corrected chi connectivity index (χ0v) is 13.4. The van der Waals surface area contributed by atoms with Crippen molar-refractivity contribution in [2.75, 3.05) is 16.8 Å². The van der Waals surface area contributed by atoms with Crippen LogP contribution in [0.1, 0.15) is 12.0 Å². The third-order valence-corrected chi connectivity index (χ3v) is 4.21. The number of pyridine rings is 1. The van der Waals surface area contributed by atoms with E-state index in [4.69, 9.17) is 11.6 Å². The number of nitrogens with one attached hydrogen (secondary N) is 1. The number of rotatable bonds is 3. The van der Waals surface area contributed by atoms with E-state index in [9.17, 15) is 9.59 Å². The first-order chi connectivity index (χ1) is 11.1. The van der Waals surface area contributed by atoms with Crippen LogP contribution in [0.15, 0.2) is 42.6 Å². The molecule has 2 amide bonds. The Bertz CT molecular complexity index is 763. The summed E-state index contributed by atoms with van der Waals surface area (Å²) in [5.41, 5.74) is 1.52. The van der Waals surface area contributed by atoms with Crippen molar-refractivity contribution in [3.63, 3.8) is 0 Å². The lowest BCUT2D eigenvalue weighted by Crippen LogP contribution is -2.28. The van der Waals surface area contributed by atoms with E-state index < -0.39 is 5.92 Å². The smallest absolute Gasteiger partial charge is 0.230 e. The molecule has 0 unspecified atom stereocenters. The largest absolute Gasteiger partial charge is 0.310 e. The van der Waals surface area contributed by atoms with E-state index in [0.717, 1.165) is 5.56 Å². The van der Waals surface area contributed by atoms with Crippen molar-refractivity contribution in [3.8, 4) is 0 Å². The normalized spacial score (nSPS) is 17.4. The Kier molecular flexibility index (Phi) is 4.30. The van der Waals surface area contributed by atoms with E-state index in [-0.39, 0.29) is 18.2 Å². The molecular weight excluding hydrogens is 314 g/mol. The molecule has 0 radical (unpaired) electrons. The van der Waals surface area contributed by atoms with Gasteiger partial charge in [0.2, 0.25) is 11.8 Å². The minimum atomic E-state index is -0.417. The highest BCUT2D eigenvalue weighted by molar-refractivity contribution is 6.33. The number of carbonyl (C=O) groups is 2. The zero-order valence-electron chi connectivity index (χ0n) is 12.6. The molecular formula is C17H16ClN3O2. The molecule has 3 rings (SSSR count). The minimum Gasteiger partial charge on any atom is -0.310 e. The monoisotopic (exact) mass is 329 g/mol. The molecule has 1 aromatic carbocycles. The van der Waals surface area contributed by atoms with Gasteiger partial charge in [0.1, 0.15) is 5.82 Å². The molecule has 1 aliphatic rings. The summed E-state index contributed by atoms with van der Waals surface area (Å²) in [6.45, 7) is 2.19. The maximum atomic E-state index is 12.4. The van der Waals surface area contributed by atoms with E-state index in [1.807, 2.05) is 25.1 Å². The number of nitrogens with zero attached hydrogens (tertiary/aromatic N) is 2. The molecule has 1 aliphatic heterocycles. The number of halogens is 1. The summed E-state index contributed by atoms with van der Waals surface area (Å²) in [6, 6.07) is 10.8. The Labute approximate surface area is 139 Å². The molecule has 0 saturated carbocycles. The average molecular weight is 330 g/mol.